The second-order valence-electron chi connectivity index (χ2n) is 6.04. The van der Waals surface area contributed by atoms with Crippen LogP contribution in [0.4, 0.5) is 5.69 Å². The number of likely N-dealkylation sites (N-methyl/N-ethyl adjacent to an activating group) is 1. The molecular weight excluding hydrogens is 306 g/mol. The van der Waals surface area contributed by atoms with E-state index in [1.165, 1.54) is 13.0 Å². The lowest BCUT2D eigenvalue weighted by molar-refractivity contribution is -0.127. The van der Waals surface area contributed by atoms with Gasteiger partial charge in [0.2, 0.25) is 5.91 Å². The van der Waals surface area contributed by atoms with Crippen LogP contribution in [0.3, 0.4) is 0 Å². The fraction of sp³-hybridized carbons (Fsp3) is 0.389. The van der Waals surface area contributed by atoms with Gasteiger partial charge in [0.15, 0.2) is 5.78 Å². The van der Waals surface area contributed by atoms with E-state index in [0.29, 0.717) is 29.9 Å². The van der Waals surface area contributed by atoms with Gasteiger partial charge < -0.3 is 15.1 Å². The van der Waals surface area contributed by atoms with Gasteiger partial charge in [0.05, 0.1) is 0 Å². The van der Waals surface area contributed by atoms with E-state index in [0.717, 1.165) is 13.1 Å². The smallest absolute Gasteiger partial charge is 0.251 e. The normalized spacial score (nSPS) is 16.0. The first kappa shape index (κ1) is 17.9. The van der Waals surface area contributed by atoms with E-state index in [-0.39, 0.29) is 17.6 Å². The zero-order valence-electron chi connectivity index (χ0n) is 14.3. The number of Topliss-reactive ketones (excluding diaryl/α,β-unsaturated/α-hetero) is 1. The molecule has 0 aromatic heterocycles. The quantitative estimate of drug-likeness (QED) is 0.672. The predicted octanol–water partition coefficient (Wildman–Crippen LogP) is 1.55. The number of amides is 2. The highest BCUT2D eigenvalue weighted by Gasteiger charge is 2.18. The average Bonchev–Trinajstić information content (AvgIpc) is 2.55. The summed E-state index contributed by atoms with van der Waals surface area (Å²) in [6.45, 7) is 6.14. The van der Waals surface area contributed by atoms with E-state index in [1.807, 2.05) is 7.05 Å². The monoisotopic (exact) mass is 329 g/mol. The maximum absolute atomic E-state index is 12.2. The lowest BCUT2D eigenvalue weighted by atomic mass is 10.1. The summed E-state index contributed by atoms with van der Waals surface area (Å²) in [7, 11) is 2.02. The third-order valence-corrected chi connectivity index (χ3v) is 4.06. The van der Waals surface area contributed by atoms with E-state index in [1.54, 1.807) is 36.1 Å². The van der Waals surface area contributed by atoms with Crippen LogP contribution in [-0.2, 0) is 9.59 Å². The molecular formula is C18H23N3O3. The molecule has 1 aromatic carbocycles. The number of ketones is 1. The van der Waals surface area contributed by atoms with Crippen molar-refractivity contribution in [3.63, 3.8) is 0 Å². The van der Waals surface area contributed by atoms with Crippen molar-refractivity contribution in [1.82, 2.24) is 9.80 Å². The zero-order chi connectivity index (χ0) is 17.7. The SMILES string of the molecule is CC(=O)c1ccc(NC(=O)/C(C)=C\C(=O)N2CCN(C)CC2)cc1. The summed E-state index contributed by atoms with van der Waals surface area (Å²) < 4.78 is 0. The number of nitrogens with one attached hydrogen (secondary N) is 1. The Morgan fingerprint density at radius 2 is 1.58 bits per heavy atom. The number of carbonyl (C=O) groups excluding carboxylic acids is 3. The molecule has 1 fully saturated rings. The van der Waals surface area contributed by atoms with Gasteiger partial charge in [-0.2, -0.15) is 0 Å². The van der Waals surface area contributed by atoms with Gasteiger partial charge in [0.25, 0.3) is 5.91 Å². The van der Waals surface area contributed by atoms with Crippen molar-refractivity contribution in [2.24, 2.45) is 0 Å². The van der Waals surface area contributed by atoms with Gasteiger partial charge in [0, 0.05) is 49.1 Å². The second-order valence-corrected chi connectivity index (χ2v) is 6.04. The van der Waals surface area contributed by atoms with Crippen LogP contribution in [-0.4, -0.2) is 60.6 Å². The molecule has 128 valence electrons. The number of anilines is 1. The van der Waals surface area contributed by atoms with Gasteiger partial charge >= 0.3 is 0 Å². The second kappa shape index (κ2) is 7.88. The number of hydrogen-bond acceptors (Lipinski definition) is 4. The highest BCUT2D eigenvalue weighted by molar-refractivity contribution is 6.07. The number of piperazine rings is 1. The fourth-order valence-electron chi connectivity index (χ4n) is 2.39. The molecule has 24 heavy (non-hydrogen) atoms. The summed E-state index contributed by atoms with van der Waals surface area (Å²) in [6, 6.07) is 6.66. The maximum Gasteiger partial charge on any atom is 0.251 e. The molecule has 2 amide bonds. The van der Waals surface area contributed by atoms with E-state index < -0.39 is 0 Å². The van der Waals surface area contributed by atoms with Crippen molar-refractivity contribution < 1.29 is 14.4 Å². The number of carbonyl (C=O) groups is 3. The number of nitrogens with zero attached hydrogens (tertiary/aromatic N) is 2. The summed E-state index contributed by atoms with van der Waals surface area (Å²) in [5.74, 6) is -0.488. The van der Waals surface area contributed by atoms with Crippen molar-refractivity contribution in [3.8, 4) is 0 Å². The van der Waals surface area contributed by atoms with Crippen LogP contribution in [0.2, 0.25) is 0 Å². The first-order valence-electron chi connectivity index (χ1n) is 7.95. The van der Waals surface area contributed by atoms with Gasteiger partial charge in [-0.25, -0.2) is 0 Å². The van der Waals surface area contributed by atoms with Crippen LogP contribution in [0, 0.1) is 0 Å². The largest absolute Gasteiger partial charge is 0.337 e. The van der Waals surface area contributed by atoms with E-state index in [9.17, 15) is 14.4 Å². The summed E-state index contributed by atoms with van der Waals surface area (Å²) in [4.78, 5) is 39.5. The molecule has 0 radical (unpaired) electrons. The summed E-state index contributed by atoms with van der Waals surface area (Å²) in [5.41, 5.74) is 1.53. The van der Waals surface area contributed by atoms with Gasteiger partial charge in [-0.15, -0.1) is 0 Å². The van der Waals surface area contributed by atoms with Crippen LogP contribution in [0.5, 0.6) is 0 Å². The molecule has 2 rings (SSSR count). The van der Waals surface area contributed by atoms with Crippen LogP contribution >= 0.6 is 0 Å². The highest BCUT2D eigenvalue weighted by atomic mass is 16.2. The zero-order valence-corrected chi connectivity index (χ0v) is 14.3. The molecule has 6 heteroatoms. The molecule has 1 aliphatic rings. The fourth-order valence-corrected chi connectivity index (χ4v) is 2.39. The molecule has 0 bridgehead atoms. The Balaban J connectivity index is 1.95. The Morgan fingerprint density at radius 1 is 1.00 bits per heavy atom. The molecule has 6 nitrogen and oxygen atoms in total. The number of rotatable bonds is 4. The molecule has 0 spiro atoms. The summed E-state index contributed by atoms with van der Waals surface area (Å²) in [5, 5.41) is 2.73. The van der Waals surface area contributed by atoms with Crippen LogP contribution in [0.25, 0.3) is 0 Å². The molecule has 1 saturated heterocycles. The van der Waals surface area contributed by atoms with Crippen molar-refractivity contribution in [2.75, 3.05) is 38.5 Å². The summed E-state index contributed by atoms with van der Waals surface area (Å²) in [6.07, 6.45) is 1.38. The van der Waals surface area contributed by atoms with Crippen molar-refractivity contribution in [3.05, 3.63) is 41.5 Å². The molecule has 0 aliphatic carbocycles. The topological polar surface area (TPSA) is 69.7 Å². The minimum atomic E-state index is -0.326. The third kappa shape index (κ3) is 4.76. The lowest BCUT2D eigenvalue weighted by Gasteiger charge is -2.31. The Labute approximate surface area is 142 Å². The van der Waals surface area contributed by atoms with Gasteiger partial charge in [-0.1, -0.05) is 0 Å². The van der Waals surface area contributed by atoms with E-state index >= 15 is 0 Å². The van der Waals surface area contributed by atoms with Gasteiger partial charge in [-0.3, -0.25) is 14.4 Å². The Kier molecular flexibility index (Phi) is 5.87. The van der Waals surface area contributed by atoms with Crippen LogP contribution in [0.1, 0.15) is 24.2 Å². The Bertz CT molecular complexity index is 657. The molecule has 0 atom stereocenters. The highest BCUT2D eigenvalue weighted by Crippen LogP contribution is 2.11. The lowest BCUT2D eigenvalue weighted by Crippen LogP contribution is -2.46. The minimum absolute atomic E-state index is 0.0262. The van der Waals surface area contributed by atoms with Crippen LogP contribution in [0.15, 0.2) is 35.9 Å². The Hall–Kier alpha value is -2.47. The van der Waals surface area contributed by atoms with E-state index in [4.69, 9.17) is 0 Å². The number of hydrogen-bond donors (Lipinski definition) is 1. The molecule has 1 heterocycles. The minimum Gasteiger partial charge on any atom is -0.337 e. The molecule has 1 aliphatic heterocycles. The van der Waals surface area contributed by atoms with Crippen molar-refractivity contribution in [2.45, 2.75) is 13.8 Å². The number of benzene rings is 1. The van der Waals surface area contributed by atoms with Crippen molar-refractivity contribution in [1.29, 1.82) is 0 Å². The maximum atomic E-state index is 12.2. The standard InChI is InChI=1S/C18H23N3O3/c1-13(12-17(23)21-10-8-20(3)9-11-21)18(24)19-16-6-4-15(5-7-16)14(2)22/h4-7,12H,8-11H2,1-3H3,(H,19,24)/b13-12-. The first-order chi connectivity index (χ1) is 11.4. The van der Waals surface area contributed by atoms with Crippen LogP contribution < -0.4 is 5.32 Å². The first-order valence-corrected chi connectivity index (χ1v) is 7.95. The third-order valence-electron chi connectivity index (χ3n) is 4.06. The predicted molar refractivity (Wildman–Crippen MR) is 92.9 cm³/mol. The molecule has 0 saturated carbocycles. The molecule has 1 aromatic rings. The summed E-state index contributed by atoms with van der Waals surface area (Å²) >= 11 is 0. The average molecular weight is 329 g/mol. The van der Waals surface area contributed by atoms with Crippen molar-refractivity contribution >= 4 is 23.3 Å². The Morgan fingerprint density at radius 3 is 2.12 bits per heavy atom. The van der Waals surface area contributed by atoms with Gasteiger partial charge in [-0.05, 0) is 45.2 Å². The molecule has 0 unspecified atom stereocenters. The van der Waals surface area contributed by atoms with E-state index in [2.05, 4.69) is 10.2 Å². The van der Waals surface area contributed by atoms with Gasteiger partial charge in [0.1, 0.15) is 0 Å². The molecule has 1 N–H and O–H groups in total.